The van der Waals surface area contributed by atoms with Crippen LogP contribution in [0.4, 0.5) is 0 Å². The van der Waals surface area contributed by atoms with E-state index in [-0.39, 0.29) is 0 Å². The fraction of sp³-hybridized carbons (Fsp3) is 0.250. The van der Waals surface area contributed by atoms with Gasteiger partial charge < -0.3 is 10.5 Å². The van der Waals surface area contributed by atoms with E-state index < -0.39 is 0 Å². The van der Waals surface area contributed by atoms with Gasteiger partial charge in [0.1, 0.15) is 12.4 Å². The Balaban J connectivity index is 2.01. The summed E-state index contributed by atoms with van der Waals surface area (Å²) >= 11 is 1.73. The number of rotatable bonds is 6. The average Bonchev–Trinajstić information content (AvgIpc) is 2.47. The van der Waals surface area contributed by atoms with Crippen molar-refractivity contribution in [1.82, 2.24) is 0 Å². The maximum Gasteiger partial charge on any atom is 0.119 e. The van der Waals surface area contributed by atoms with Crippen molar-refractivity contribution in [1.29, 1.82) is 0 Å². The summed E-state index contributed by atoms with van der Waals surface area (Å²) in [6.07, 6.45) is 2.96. The minimum atomic E-state index is 0.592. The second kappa shape index (κ2) is 7.22. The Kier molecular flexibility index (Phi) is 5.31. The third kappa shape index (κ3) is 4.01. The molecule has 2 aromatic carbocycles. The van der Waals surface area contributed by atoms with Crippen molar-refractivity contribution in [2.45, 2.75) is 17.9 Å². The van der Waals surface area contributed by atoms with Gasteiger partial charge in [-0.25, -0.2) is 0 Å². The molecule has 0 heterocycles. The Labute approximate surface area is 119 Å². The molecule has 2 rings (SSSR count). The summed E-state index contributed by atoms with van der Waals surface area (Å²) in [6, 6.07) is 16.5. The van der Waals surface area contributed by atoms with Gasteiger partial charge in [0.25, 0.3) is 0 Å². The van der Waals surface area contributed by atoms with Crippen LogP contribution in [0.3, 0.4) is 0 Å². The van der Waals surface area contributed by atoms with Gasteiger partial charge in [-0.05, 0) is 54.6 Å². The molecule has 0 spiro atoms. The molecule has 0 fully saturated rings. The molecule has 100 valence electrons. The molecule has 0 atom stereocenters. The van der Waals surface area contributed by atoms with Crippen molar-refractivity contribution in [2.75, 3.05) is 12.8 Å². The second-order valence-electron chi connectivity index (χ2n) is 4.27. The molecular formula is C16H19NOS. The highest BCUT2D eigenvalue weighted by Gasteiger charge is 2.02. The SMILES string of the molecule is CSc1ccc(OCc2ccccc2CCN)cc1. The molecule has 0 aromatic heterocycles. The first-order valence-corrected chi connectivity index (χ1v) is 7.59. The molecule has 3 heteroatoms. The van der Waals surface area contributed by atoms with Crippen LogP contribution in [0.2, 0.25) is 0 Å². The van der Waals surface area contributed by atoms with Crippen molar-refractivity contribution in [3.8, 4) is 5.75 Å². The number of hydrogen-bond donors (Lipinski definition) is 1. The van der Waals surface area contributed by atoms with Crippen LogP contribution in [0.25, 0.3) is 0 Å². The van der Waals surface area contributed by atoms with E-state index in [1.54, 1.807) is 11.8 Å². The van der Waals surface area contributed by atoms with Crippen LogP contribution in [-0.4, -0.2) is 12.8 Å². The Morgan fingerprint density at radius 1 is 1.00 bits per heavy atom. The van der Waals surface area contributed by atoms with Crippen LogP contribution >= 0.6 is 11.8 Å². The summed E-state index contributed by atoms with van der Waals surface area (Å²) in [6.45, 7) is 1.26. The Morgan fingerprint density at radius 2 is 1.68 bits per heavy atom. The van der Waals surface area contributed by atoms with Gasteiger partial charge >= 0.3 is 0 Å². The van der Waals surface area contributed by atoms with E-state index in [9.17, 15) is 0 Å². The Bertz CT molecular complexity index is 510. The molecule has 0 bridgehead atoms. The number of ether oxygens (including phenoxy) is 1. The van der Waals surface area contributed by atoms with Crippen LogP contribution in [0, 0.1) is 0 Å². The first-order valence-electron chi connectivity index (χ1n) is 6.37. The molecule has 0 saturated carbocycles. The molecule has 0 amide bonds. The first-order chi connectivity index (χ1) is 9.33. The summed E-state index contributed by atoms with van der Waals surface area (Å²) in [5.74, 6) is 0.903. The molecule has 0 aliphatic rings. The van der Waals surface area contributed by atoms with Crippen LogP contribution in [0.15, 0.2) is 53.4 Å². The van der Waals surface area contributed by atoms with Crippen molar-refractivity contribution >= 4 is 11.8 Å². The molecule has 0 radical (unpaired) electrons. The molecule has 0 unspecified atom stereocenters. The van der Waals surface area contributed by atoms with Crippen LogP contribution in [0.5, 0.6) is 5.75 Å². The monoisotopic (exact) mass is 273 g/mol. The minimum Gasteiger partial charge on any atom is -0.489 e. The molecule has 0 aliphatic heterocycles. The largest absolute Gasteiger partial charge is 0.489 e. The van der Waals surface area contributed by atoms with Gasteiger partial charge in [-0.15, -0.1) is 11.8 Å². The van der Waals surface area contributed by atoms with Crippen molar-refractivity contribution in [2.24, 2.45) is 5.73 Å². The average molecular weight is 273 g/mol. The maximum absolute atomic E-state index is 5.83. The Morgan fingerprint density at radius 3 is 2.32 bits per heavy atom. The molecule has 0 aliphatic carbocycles. The number of nitrogens with two attached hydrogens (primary N) is 1. The van der Waals surface area contributed by atoms with Crippen LogP contribution in [-0.2, 0) is 13.0 Å². The number of hydrogen-bond acceptors (Lipinski definition) is 3. The van der Waals surface area contributed by atoms with Crippen molar-refractivity contribution in [3.05, 3.63) is 59.7 Å². The first kappa shape index (κ1) is 14.0. The minimum absolute atomic E-state index is 0.592. The number of benzene rings is 2. The van der Waals surface area contributed by atoms with Crippen molar-refractivity contribution in [3.63, 3.8) is 0 Å². The Hall–Kier alpha value is -1.45. The summed E-state index contributed by atoms with van der Waals surface area (Å²) in [4.78, 5) is 1.25. The van der Waals surface area contributed by atoms with E-state index in [1.165, 1.54) is 16.0 Å². The van der Waals surface area contributed by atoms with Crippen LogP contribution in [0.1, 0.15) is 11.1 Å². The lowest BCUT2D eigenvalue weighted by Gasteiger charge is -2.10. The quantitative estimate of drug-likeness (QED) is 0.818. The molecule has 2 N–H and O–H groups in total. The fourth-order valence-electron chi connectivity index (χ4n) is 1.93. The highest BCUT2D eigenvalue weighted by Crippen LogP contribution is 2.20. The van der Waals surface area contributed by atoms with Gasteiger partial charge in [-0.1, -0.05) is 24.3 Å². The summed E-state index contributed by atoms with van der Waals surface area (Å²) in [5.41, 5.74) is 8.10. The molecule has 2 nitrogen and oxygen atoms in total. The van der Waals surface area contributed by atoms with E-state index in [2.05, 4.69) is 30.5 Å². The zero-order valence-electron chi connectivity index (χ0n) is 11.1. The predicted molar refractivity (Wildman–Crippen MR) is 81.8 cm³/mol. The van der Waals surface area contributed by atoms with Crippen LogP contribution < -0.4 is 10.5 Å². The van der Waals surface area contributed by atoms with Gasteiger partial charge in [0, 0.05) is 4.90 Å². The van der Waals surface area contributed by atoms with Gasteiger partial charge in [0.05, 0.1) is 0 Å². The van der Waals surface area contributed by atoms with Gasteiger partial charge in [0.15, 0.2) is 0 Å². The lowest BCUT2D eigenvalue weighted by Crippen LogP contribution is -2.06. The summed E-state index contributed by atoms with van der Waals surface area (Å²) in [5, 5.41) is 0. The fourth-order valence-corrected chi connectivity index (χ4v) is 2.34. The zero-order chi connectivity index (χ0) is 13.5. The molecule has 2 aromatic rings. The molecule has 0 saturated heterocycles. The lowest BCUT2D eigenvalue weighted by atomic mass is 10.1. The standard InChI is InChI=1S/C16H19NOS/c1-19-16-8-6-15(7-9-16)18-12-14-5-3-2-4-13(14)10-11-17/h2-9H,10-12,17H2,1H3. The molecule has 19 heavy (non-hydrogen) atoms. The van der Waals surface area contributed by atoms with Crippen molar-refractivity contribution < 1.29 is 4.74 Å². The van der Waals surface area contributed by atoms with E-state index in [4.69, 9.17) is 10.5 Å². The summed E-state index contributed by atoms with van der Waals surface area (Å²) in [7, 11) is 0. The third-order valence-corrected chi connectivity index (χ3v) is 3.73. The smallest absolute Gasteiger partial charge is 0.119 e. The third-order valence-electron chi connectivity index (χ3n) is 2.99. The normalized spacial score (nSPS) is 10.4. The number of thioether (sulfide) groups is 1. The predicted octanol–water partition coefficient (Wildman–Crippen LogP) is 3.49. The lowest BCUT2D eigenvalue weighted by molar-refractivity contribution is 0.305. The summed E-state index contributed by atoms with van der Waals surface area (Å²) < 4.78 is 5.83. The second-order valence-corrected chi connectivity index (χ2v) is 5.15. The van der Waals surface area contributed by atoms with Gasteiger partial charge in [-0.2, -0.15) is 0 Å². The van der Waals surface area contributed by atoms with E-state index in [1.807, 2.05) is 24.3 Å². The molecular weight excluding hydrogens is 254 g/mol. The highest BCUT2D eigenvalue weighted by molar-refractivity contribution is 7.98. The zero-order valence-corrected chi connectivity index (χ0v) is 12.0. The van der Waals surface area contributed by atoms with Gasteiger partial charge in [-0.3, -0.25) is 0 Å². The highest BCUT2D eigenvalue weighted by atomic mass is 32.2. The van der Waals surface area contributed by atoms with E-state index in [0.29, 0.717) is 13.2 Å². The van der Waals surface area contributed by atoms with E-state index in [0.717, 1.165) is 12.2 Å². The maximum atomic E-state index is 5.83. The van der Waals surface area contributed by atoms with E-state index >= 15 is 0 Å². The topological polar surface area (TPSA) is 35.2 Å². The van der Waals surface area contributed by atoms with Gasteiger partial charge in [0.2, 0.25) is 0 Å².